The molecule has 162 valence electrons. The molecule has 1 amide bonds. The van der Waals surface area contributed by atoms with Crippen LogP contribution < -0.4 is 10.4 Å². The van der Waals surface area contributed by atoms with Gasteiger partial charge in [0.05, 0.1) is 12.8 Å². The van der Waals surface area contributed by atoms with Crippen molar-refractivity contribution in [2.24, 2.45) is 5.92 Å². The molecule has 1 N–H and O–H groups in total. The fourth-order valence-electron chi connectivity index (χ4n) is 4.11. The van der Waals surface area contributed by atoms with Gasteiger partial charge in [0.2, 0.25) is 0 Å². The summed E-state index contributed by atoms with van der Waals surface area (Å²) in [6.07, 6.45) is 2.23. The molecule has 0 aliphatic carbocycles. The number of piperidine rings is 1. The number of nitrogens with zero attached hydrogens (tertiary/aromatic N) is 3. The molecule has 1 fully saturated rings. The first-order valence-electron chi connectivity index (χ1n) is 10.3. The Morgan fingerprint density at radius 2 is 1.97 bits per heavy atom. The molecule has 2 aromatic carbocycles. The second kappa shape index (κ2) is 8.75. The van der Waals surface area contributed by atoms with E-state index in [0.717, 1.165) is 24.1 Å². The van der Waals surface area contributed by atoms with E-state index in [1.165, 1.54) is 19.2 Å². The van der Waals surface area contributed by atoms with Crippen LogP contribution in [0.1, 0.15) is 34.6 Å². The highest BCUT2D eigenvalue weighted by Gasteiger charge is 2.26. The molecule has 1 aliphatic rings. The van der Waals surface area contributed by atoms with E-state index in [1.807, 2.05) is 31.2 Å². The highest BCUT2D eigenvalue weighted by molar-refractivity contribution is 5.94. The summed E-state index contributed by atoms with van der Waals surface area (Å²) in [7, 11) is 1.39. The molecular formula is C23H25FN4O3. The van der Waals surface area contributed by atoms with Crippen LogP contribution in [0.4, 0.5) is 4.39 Å². The molecule has 0 atom stereocenters. The largest absolute Gasteiger partial charge is 0.494 e. The van der Waals surface area contributed by atoms with E-state index in [2.05, 4.69) is 10.2 Å². The van der Waals surface area contributed by atoms with Gasteiger partial charge in [-0.05, 0) is 55.5 Å². The summed E-state index contributed by atoms with van der Waals surface area (Å²) >= 11 is 0. The third-order valence-electron chi connectivity index (χ3n) is 5.87. The Bertz CT molecular complexity index is 1150. The first kappa shape index (κ1) is 20.8. The number of aryl methyl sites for hydroxylation is 1. The summed E-state index contributed by atoms with van der Waals surface area (Å²) in [5.74, 6) is 0.387. The maximum absolute atomic E-state index is 14.0. The minimum Gasteiger partial charge on any atom is -0.494 e. The van der Waals surface area contributed by atoms with Crippen LogP contribution in [0.5, 0.6) is 5.75 Å². The van der Waals surface area contributed by atoms with Crippen molar-refractivity contribution in [1.82, 2.24) is 19.7 Å². The number of benzene rings is 2. The van der Waals surface area contributed by atoms with Crippen LogP contribution in [0.15, 0.2) is 47.3 Å². The number of rotatable bonds is 5. The molecule has 0 unspecified atom stereocenters. The summed E-state index contributed by atoms with van der Waals surface area (Å²) in [6.45, 7) is 3.12. The molecule has 0 spiro atoms. The zero-order chi connectivity index (χ0) is 22.0. The monoisotopic (exact) mass is 424 g/mol. The number of aromatic nitrogens is 3. The topological polar surface area (TPSA) is 80.2 Å². The average molecular weight is 424 g/mol. The summed E-state index contributed by atoms with van der Waals surface area (Å²) in [6, 6.07) is 12.0. The summed E-state index contributed by atoms with van der Waals surface area (Å²) in [5, 5.41) is 6.81. The van der Waals surface area contributed by atoms with Crippen molar-refractivity contribution in [1.29, 1.82) is 0 Å². The Hall–Kier alpha value is -3.42. The molecule has 8 heteroatoms. The fourth-order valence-corrected chi connectivity index (χ4v) is 4.11. The fraction of sp³-hybridized carbons (Fsp3) is 0.348. The van der Waals surface area contributed by atoms with Gasteiger partial charge in [0.25, 0.3) is 5.91 Å². The van der Waals surface area contributed by atoms with Gasteiger partial charge in [-0.25, -0.2) is 18.9 Å². The van der Waals surface area contributed by atoms with Crippen molar-refractivity contribution in [3.63, 3.8) is 0 Å². The molecule has 31 heavy (non-hydrogen) atoms. The number of hydrogen-bond donors (Lipinski definition) is 1. The maximum atomic E-state index is 14.0. The zero-order valence-electron chi connectivity index (χ0n) is 17.6. The van der Waals surface area contributed by atoms with Gasteiger partial charge in [-0.3, -0.25) is 4.79 Å². The number of hydrogen-bond acceptors (Lipinski definition) is 4. The molecule has 1 saturated heterocycles. The molecular weight excluding hydrogens is 399 g/mol. The minimum atomic E-state index is -0.545. The second-order valence-corrected chi connectivity index (χ2v) is 7.86. The van der Waals surface area contributed by atoms with Gasteiger partial charge in [0.1, 0.15) is 5.82 Å². The van der Waals surface area contributed by atoms with Gasteiger partial charge in [0, 0.05) is 25.1 Å². The zero-order valence-corrected chi connectivity index (χ0v) is 17.6. The summed E-state index contributed by atoms with van der Waals surface area (Å²) < 4.78 is 20.5. The van der Waals surface area contributed by atoms with Gasteiger partial charge >= 0.3 is 5.69 Å². The Morgan fingerprint density at radius 3 is 2.65 bits per heavy atom. The van der Waals surface area contributed by atoms with E-state index < -0.39 is 5.82 Å². The molecule has 4 rings (SSSR count). The van der Waals surface area contributed by atoms with Crippen molar-refractivity contribution in [2.45, 2.75) is 26.2 Å². The Kier molecular flexibility index (Phi) is 5.88. The number of ether oxygens (including phenoxy) is 1. The minimum absolute atomic E-state index is 0.119. The average Bonchev–Trinajstić information content (AvgIpc) is 3.14. The van der Waals surface area contributed by atoms with Crippen molar-refractivity contribution in [2.75, 3.05) is 20.2 Å². The van der Waals surface area contributed by atoms with Crippen molar-refractivity contribution >= 4 is 5.91 Å². The third kappa shape index (κ3) is 4.23. The quantitative estimate of drug-likeness (QED) is 0.683. The second-order valence-electron chi connectivity index (χ2n) is 7.86. The number of aromatic amines is 1. The summed E-state index contributed by atoms with van der Waals surface area (Å²) in [4.78, 5) is 26.9. The van der Waals surface area contributed by atoms with Gasteiger partial charge in [-0.1, -0.05) is 18.2 Å². The van der Waals surface area contributed by atoms with Crippen LogP contribution >= 0.6 is 0 Å². The van der Waals surface area contributed by atoms with E-state index in [1.54, 1.807) is 15.5 Å². The first-order valence-corrected chi connectivity index (χ1v) is 10.3. The predicted octanol–water partition coefficient (Wildman–Crippen LogP) is 3.11. The number of para-hydroxylation sites is 1. The number of halogens is 1. The molecule has 0 saturated carbocycles. The highest BCUT2D eigenvalue weighted by atomic mass is 19.1. The number of carbonyl (C=O) groups is 1. The lowest BCUT2D eigenvalue weighted by atomic mass is 9.92. The molecule has 1 aromatic heterocycles. The van der Waals surface area contributed by atoms with Gasteiger partial charge in [0.15, 0.2) is 11.6 Å². The maximum Gasteiger partial charge on any atom is 0.347 e. The molecule has 1 aliphatic heterocycles. The standard InChI is InChI=1S/C23H25FN4O3/c1-15-5-3-4-6-19(15)28-21(25-26-23(28)30)13-16-9-11-27(12-10-16)22(29)17-7-8-20(31-2)18(24)14-17/h3-8,14,16H,9-13H2,1-2H3,(H,26,30). The number of H-pyrrole nitrogens is 1. The number of amides is 1. The van der Waals surface area contributed by atoms with Gasteiger partial charge < -0.3 is 9.64 Å². The van der Waals surface area contributed by atoms with Crippen LogP contribution in [0.25, 0.3) is 5.69 Å². The molecule has 0 bridgehead atoms. The van der Waals surface area contributed by atoms with Crippen LogP contribution in [-0.4, -0.2) is 45.8 Å². The lowest BCUT2D eigenvalue weighted by Gasteiger charge is -2.32. The number of carbonyl (C=O) groups excluding carboxylic acids is 1. The number of likely N-dealkylation sites (tertiary alicyclic amines) is 1. The van der Waals surface area contributed by atoms with Crippen LogP contribution in [0.3, 0.4) is 0 Å². The normalized spacial score (nSPS) is 14.6. The molecule has 2 heterocycles. The van der Waals surface area contributed by atoms with E-state index in [-0.39, 0.29) is 17.3 Å². The Balaban J connectivity index is 1.43. The Labute approximate surface area is 179 Å². The SMILES string of the molecule is COc1ccc(C(=O)N2CCC(Cc3n[nH]c(=O)n3-c3ccccc3C)CC2)cc1F. The highest BCUT2D eigenvalue weighted by Crippen LogP contribution is 2.25. The molecule has 7 nitrogen and oxygen atoms in total. The predicted molar refractivity (Wildman–Crippen MR) is 114 cm³/mol. The van der Waals surface area contributed by atoms with Gasteiger partial charge in [-0.2, -0.15) is 5.10 Å². The first-order chi connectivity index (χ1) is 15.0. The summed E-state index contributed by atoms with van der Waals surface area (Å²) in [5.41, 5.74) is 1.89. The van der Waals surface area contributed by atoms with Crippen LogP contribution in [0.2, 0.25) is 0 Å². The van der Waals surface area contributed by atoms with Crippen LogP contribution in [-0.2, 0) is 6.42 Å². The third-order valence-corrected chi connectivity index (χ3v) is 5.87. The molecule has 0 radical (unpaired) electrons. The smallest absolute Gasteiger partial charge is 0.347 e. The van der Waals surface area contributed by atoms with E-state index in [0.29, 0.717) is 36.8 Å². The number of nitrogens with one attached hydrogen (secondary N) is 1. The lowest BCUT2D eigenvalue weighted by molar-refractivity contribution is 0.0689. The Morgan fingerprint density at radius 1 is 1.23 bits per heavy atom. The van der Waals surface area contributed by atoms with Crippen molar-refractivity contribution < 1.29 is 13.9 Å². The van der Waals surface area contributed by atoms with E-state index in [4.69, 9.17) is 4.74 Å². The van der Waals surface area contributed by atoms with Crippen molar-refractivity contribution in [3.05, 3.63) is 75.7 Å². The molecule has 3 aromatic rings. The number of methoxy groups -OCH3 is 1. The van der Waals surface area contributed by atoms with Crippen LogP contribution in [0, 0.1) is 18.7 Å². The van der Waals surface area contributed by atoms with E-state index in [9.17, 15) is 14.0 Å². The van der Waals surface area contributed by atoms with Crippen molar-refractivity contribution in [3.8, 4) is 11.4 Å². The lowest BCUT2D eigenvalue weighted by Crippen LogP contribution is -2.39. The van der Waals surface area contributed by atoms with Gasteiger partial charge in [-0.15, -0.1) is 0 Å². The van der Waals surface area contributed by atoms with E-state index >= 15 is 0 Å².